The molecule has 7 aliphatic carbocycles. The summed E-state index contributed by atoms with van der Waals surface area (Å²) in [6.07, 6.45) is 9.37. The molecule has 7 saturated carbocycles. The Bertz CT molecular complexity index is 1540. The molecule has 1 aromatic carbocycles. The van der Waals surface area contributed by atoms with Crippen molar-refractivity contribution in [2.24, 2.45) is 10.8 Å². The Hall–Kier alpha value is -3.14. The van der Waals surface area contributed by atoms with E-state index in [4.69, 9.17) is 18.8 Å². The molecule has 3 heterocycles. The summed E-state index contributed by atoms with van der Waals surface area (Å²) in [5.74, 6) is 3.32. The number of ether oxygens (including phenoxy) is 1. The Morgan fingerprint density at radius 1 is 0.976 bits per heavy atom. The van der Waals surface area contributed by atoms with Gasteiger partial charge in [0.15, 0.2) is 5.82 Å². The number of aromatic nitrogens is 4. The highest BCUT2D eigenvalue weighted by Crippen LogP contribution is 2.70. The summed E-state index contributed by atoms with van der Waals surface area (Å²) in [5.41, 5.74) is -0.351. The first kappa shape index (κ1) is 25.4. The molecule has 0 atom stereocenters. The normalized spacial score (nSPS) is 35.7. The first-order valence-electron chi connectivity index (χ1n) is 15.6. The number of nitrogens with zero attached hydrogens (tertiary/aromatic N) is 5. The van der Waals surface area contributed by atoms with Gasteiger partial charge in [-0.25, -0.2) is 4.39 Å². The highest BCUT2D eigenvalue weighted by Gasteiger charge is 2.73. The summed E-state index contributed by atoms with van der Waals surface area (Å²) in [5, 5.41) is 8.57. The summed E-state index contributed by atoms with van der Waals surface area (Å²) in [7, 11) is 0. The van der Waals surface area contributed by atoms with E-state index in [0.29, 0.717) is 56.7 Å². The molecule has 1 amide bonds. The van der Waals surface area contributed by atoms with Gasteiger partial charge in [0.2, 0.25) is 23.5 Å². The Morgan fingerprint density at radius 2 is 1.69 bits per heavy atom. The Labute approximate surface area is 243 Å². The van der Waals surface area contributed by atoms with Crippen LogP contribution in [-0.2, 0) is 20.4 Å². The van der Waals surface area contributed by atoms with Crippen molar-refractivity contribution in [3.8, 4) is 11.4 Å². The smallest absolute Gasteiger partial charge is 0.237 e. The van der Waals surface area contributed by atoms with Gasteiger partial charge in [0.1, 0.15) is 5.67 Å². The molecule has 0 spiro atoms. The third-order valence-corrected chi connectivity index (χ3v) is 11.6. The molecule has 2 aromatic heterocycles. The van der Waals surface area contributed by atoms with Crippen LogP contribution in [0.4, 0.5) is 10.1 Å². The molecule has 1 aliphatic heterocycles. The summed E-state index contributed by atoms with van der Waals surface area (Å²) >= 11 is 0. The predicted octanol–water partition coefficient (Wildman–Crippen LogP) is 5.80. The van der Waals surface area contributed by atoms with Crippen molar-refractivity contribution in [2.45, 2.75) is 100.0 Å². The number of amides is 1. The number of alkyl halides is 1. The molecule has 11 rings (SSSR count). The molecule has 4 bridgehead atoms. The zero-order valence-corrected chi connectivity index (χ0v) is 24.0. The van der Waals surface area contributed by atoms with Crippen molar-refractivity contribution in [3.63, 3.8) is 0 Å². The molecule has 1 saturated heterocycles. The SMILES string of the molecule is CC1(c2nc(-c3cccc(N(CC45CCC(c6nc(C7CC7)no6)(CC4)CC5)C(=O)C45CC(F)(C4)C5)c3)no2)COC1. The lowest BCUT2D eigenvalue weighted by atomic mass is 9.41. The first-order chi connectivity index (χ1) is 20.2. The number of benzene rings is 1. The maximum Gasteiger partial charge on any atom is 0.237 e. The van der Waals surface area contributed by atoms with Crippen molar-refractivity contribution in [2.75, 3.05) is 24.7 Å². The monoisotopic (exact) mass is 573 g/mol. The molecular formula is C32H36FN5O4. The summed E-state index contributed by atoms with van der Waals surface area (Å²) < 4.78 is 31.4. The minimum Gasteiger partial charge on any atom is -0.379 e. The fourth-order valence-corrected chi connectivity index (χ4v) is 8.50. The van der Waals surface area contributed by atoms with E-state index < -0.39 is 11.1 Å². The lowest BCUT2D eigenvalue weighted by molar-refractivity contribution is -0.211. The van der Waals surface area contributed by atoms with Crippen LogP contribution >= 0.6 is 0 Å². The molecule has 0 N–H and O–H groups in total. The van der Waals surface area contributed by atoms with E-state index >= 15 is 0 Å². The minimum absolute atomic E-state index is 0.0157. The van der Waals surface area contributed by atoms with Gasteiger partial charge in [-0.05, 0) is 95.1 Å². The molecule has 42 heavy (non-hydrogen) atoms. The summed E-state index contributed by atoms with van der Waals surface area (Å²) in [6, 6.07) is 7.88. The number of carbonyl (C=O) groups is 1. The number of hydrogen-bond donors (Lipinski definition) is 0. The first-order valence-corrected chi connectivity index (χ1v) is 15.6. The number of rotatable bonds is 8. The van der Waals surface area contributed by atoms with Crippen LogP contribution in [0.15, 0.2) is 33.3 Å². The standard InChI is InChI=1S/C32H36FN5O4/c1-28(18-40-19-28)25-34-24(37-41-25)21-3-2-4-22(13-21)38(27(39)31-14-32(33,15-31)16-31)17-29-7-10-30(11-8-29,12-9-29)26-35-23(36-42-26)20-5-6-20/h2-4,13,20H,5-12,14-19H2,1H3. The van der Waals surface area contributed by atoms with Crippen molar-refractivity contribution < 1.29 is 23.0 Å². The van der Waals surface area contributed by atoms with Gasteiger partial charge >= 0.3 is 0 Å². The van der Waals surface area contributed by atoms with Crippen molar-refractivity contribution in [3.05, 3.63) is 41.9 Å². The second-order valence-electron chi connectivity index (χ2n) is 14.9. The molecule has 8 aliphatic rings. The van der Waals surface area contributed by atoms with Crippen LogP contribution in [-0.4, -0.2) is 51.6 Å². The van der Waals surface area contributed by atoms with Crippen LogP contribution in [0.25, 0.3) is 11.4 Å². The zero-order valence-electron chi connectivity index (χ0n) is 24.0. The third-order valence-electron chi connectivity index (χ3n) is 11.6. The predicted molar refractivity (Wildman–Crippen MR) is 148 cm³/mol. The maximum absolute atomic E-state index is 14.6. The van der Waals surface area contributed by atoms with Crippen LogP contribution in [0.2, 0.25) is 0 Å². The van der Waals surface area contributed by atoms with Gasteiger partial charge in [-0.1, -0.05) is 22.4 Å². The van der Waals surface area contributed by atoms with E-state index in [1.807, 2.05) is 29.2 Å². The van der Waals surface area contributed by atoms with E-state index in [1.165, 1.54) is 0 Å². The molecule has 3 aromatic rings. The number of halogens is 1. The zero-order chi connectivity index (χ0) is 28.4. The van der Waals surface area contributed by atoms with Crippen molar-refractivity contribution >= 4 is 11.6 Å². The highest BCUT2D eigenvalue weighted by molar-refractivity contribution is 6.00. The van der Waals surface area contributed by atoms with E-state index in [-0.39, 0.29) is 22.2 Å². The van der Waals surface area contributed by atoms with Crippen molar-refractivity contribution in [1.82, 2.24) is 20.3 Å². The average molecular weight is 574 g/mol. The fourth-order valence-electron chi connectivity index (χ4n) is 8.50. The molecule has 0 unspecified atom stereocenters. The van der Waals surface area contributed by atoms with E-state index in [0.717, 1.165) is 74.3 Å². The van der Waals surface area contributed by atoms with Crippen LogP contribution in [0.3, 0.4) is 0 Å². The second kappa shape index (κ2) is 8.27. The Morgan fingerprint density at radius 3 is 2.33 bits per heavy atom. The molecule has 220 valence electrons. The van der Waals surface area contributed by atoms with Crippen LogP contribution in [0.1, 0.15) is 101 Å². The van der Waals surface area contributed by atoms with Gasteiger partial charge in [0, 0.05) is 29.1 Å². The summed E-state index contributed by atoms with van der Waals surface area (Å²) in [4.78, 5) is 25.7. The van der Waals surface area contributed by atoms with Gasteiger partial charge in [-0.15, -0.1) is 0 Å². The number of hydrogen-bond acceptors (Lipinski definition) is 8. The van der Waals surface area contributed by atoms with Gasteiger partial charge in [-0.3, -0.25) is 4.79 Å². The number of fused-ring (bicyclic) bond motifs is 3. The largest absolute Gasteiger partial charge is 0.379 e. The van der Waals surface area contributed by atoms with E-state index in [9.17, 15) is 9.18 Å². The minimum atomic E-state index is -1.14. The van der Waals surface area contributed by atoms with Crippen LogP contribution < -0.4 is 4.90 Å². The second-order valence-corrected chi connectivity index (χ2v) is 14.9. The molecule has 9 nitrogen and oxygen atoms in total. The van der Waals surface area contributed by atoms with Gasteiger partial charge in [-0.2, -0.15) is 9.97 Å². The van der Waals surface area contributed by atoms with Crippen LogP contribution in [0.5, 0.6) is 0 Å². The van der Waals surface area contributed by atoms with Crippen LogP contribution in [0, 0.1) is 10.8 Å². The third kappa shape index (κ3) is 3.66. The average Bonchev–Trinajstić information content (AvgIpc) is 3.47. The molecule has 10 heteroatoms. The van der Waals surface area contributed by atoms with Gasteiger partial charge < -0.3 is 18.7 Å². The fraction of sp³-hybridized carbons (Fsp3) is 0.656. The van der Waals surface area contributed by atoms with Gasteiger partial charge in [0.25, 0.3) is 0 Å². The molecular weight excluding hydrogens is 537 g/mol. The Kier molecular flexibility index (Phi) is 5.00. The summed E-state index contributed by atoms with van der Waals surface area (Å²) in [6.45, 7) is 3.81. The molecule has 0 radical (unpaired) electrons. The quantitative estimate of drug-likeness (QED) is 0.333. The topological polar surface area (TPSA) is 107 Å². The molecule has 8 fully saturated rings. The lowest BCUT2D eigenvalue weighted by Crippen LogP contribution is -2.71. The maximum atomic E-state index is 14.6. The highest BCUT2D eigenvalue weighted by atomic mass is 19.1. The van der Waals surface area contributed by atoms with E-state index in [2.05, 4.69) is 22.2 Å². The number of carbonyl (C=O) groups excluding carboxylic acids is 1. The van der Waals surface area contributed by atoms with E-state index in [1.54, 1.807) is 0 Å². The van der Waals surface area contributed by atoms with Crippen molar-refractivity contribution in [1.29, 1.82) is 0 Å². The van der Waals surface area contributed by atoms with Gasteiger partial charge in [0.05, 0.1) is 24.0 Å². The Balaban J connectivity index is 0.994. The number of anilines is 1. The lowest BCUT2D eigenvalue weighted by Gasteiger charge is -2.65.